The maximum absolute atomic E-state index is 11.6. The fourth-order valence-electron chi connectivity index (χ4n) is 1.76. The molecule has 0 atom stereocenters. The summed E-state index contributed by atoms with van der Waals surface area (Å²) in [6.07, 6.45) is 1.33. The maximum atomic E-state index is 11.6. The van der Waals surface area contributed by atoms with Crippen LogP contribution in [0.3, 0.4) is 0 Å². The standard InChI is InChI=1S/C16H9ClN2O3/c1-21-16(20)13-7-11(2-4-14(13)17)15-5-3-12(22-15)6-10(8-18)9-19/h2-7H,1H3. The van der Waals surface area contributed by atoms with Gasteiger partial charge in [0.15, 0.2) is 0 Å². The van der Waals surface area contributed by atoms with Gasteiger partial charge in [-0.15, -0.1) is 0 Å². The number of hydrogen-bond donors (Lipinski definition) is 0. The second-order valence-electron chi connectivity index (χ2n) is 4.17. The zero-order chi connectivity index (χ0) is 16.1. The Balaban J connectivity index is 2.41. The van der Waals surface area contributed by atoms with Gasteiger partial charge >= 0.3 is 5.97 Å². The molecule has 0 saturated heterocycles. The van der Waals surface area contributed by atoms with Crippen molar-refractivity contribution < 1.29 is 13.9 Å². The first-order valence-electron chi connectivity index (χ1n) is 6.09. The van der Waals surface area contributed by atoms with Crippen LogP contribution in [0.5, 0.6) is 0 Å². The van der Waals surface area contributed by atoms with E-state index in [-0.39, 0.29) is 16.2 Å². The van der Waals surface area contributed by atoms with Crippen molar-refractivity contribution in [2.45, 2.75) is 0 Å². The predicted molar refractivity (Wildman–Crippen MR) is 79.7 cm³/mol. The van der Waals surface area contributed by atoms with Crippen molar-refractivity contribution in [1.82, 2.24) is 0 Å². The minimum Gasteiger partial charge on any atom is -0.465 e. The number of rotatable bonds is 3. The highest BCUT2D eigenvalue weighted by Crippen LogP contribution is 2.28. The largest absolute Gasteiger partial charge is 0.465 e. The molecule has 0 unspecified atom stereocenters. The number of carbonyl (C=O) groups excluding carboxylic acids is 1. The summed E-state index contributed by atoms with van der Waals surface area (Å²) in [6, 6.07) is 11.6. The van der Waals surface area contributed by atoms with Crippen LogP contribution >= 0.6 is 11.6 Å². The van der Waals surface area contributed by atoms with Gasteiger partial charge in [-0.1, -0.05) is 11.6 Å². The Bertz CT molecular complexity index is 822. The molecule has 5 nitrogen and oxygen atoms in total. The molecule has 1 heterocycles. The molecule has 6 heteroatoms. The topological polar surface area (TPSA) is 87.0 Å². The Kier molecular flexibility index (Phi) is 4.63. The lowest BCUT2D eigenvalue weighted by atomic mass is 10.1. The lowest BCUT2D eigenvalue weighted by molar-refractivity contribution is 0.0601. The van der Waals surface area contributed by atoms with Gasteiger partial charge in [-0.2, -0.15) is 10.5 Å². The highest BCUT2D eigenvalue weighted by molar-refractivity contribution is 6.33. The number of benzene rings is 1. The quantitative estimate of drug-likeness (QED) is 0.635. The normalized spacial score (nSPS) is 9.45. The predicted octanol–water partition coefficient (Wildman–Crippen LogP) is 3.82. The number of allylic oxidation sites excluding steroid dienone is 1. The summed E-state index contributed by atoms with van der Waals surface area (Å²) in [6.45, 7) is 0. The molecule has 1 aromatic heterocycles. The second kappa shape index (κ2) is 6.62. The lowest BCUT2D eigenvalue weighted by Crippen LogP contribution is -2.02. The fraction of sp³-hybridized carbons (Fsp3) is 0.0625. The van der Waals surface area contributed by atoms with Crippen molar-refractivity contribution in [3.8, 4) is 23.5 Å². The summed E-state index contributed by atoms with van der Waals surface area (Å²) in [5, 5.41) is 17.7. The Morgan fingerprint density at radius 3 is 2.64 bits per heavy atom. The number of ether oxygens (including phenoxy) is 1. The summed E-state index contributed by atoms with van der Waals surface area (Å²) in [4.78, 5) is 11.6. The number of nitrogens with zero attached hydrogens (tertiary/aromatic N) is 2. The first-order valence-corrected chi connectivity index (χ1v) is 6.46. The third-order valence-corrected chi connectivity index (χ3v) is 3.14. The molecular weight excluding hydrogens is 304 g/mol. The molecule has 108 valence electrons. The molecule has 0 amide bonds. The summed E-state index contributed by atoms with van der Waals surface area (Å²) >= 11 is 5.96. The van der Waals surface area contributed by atoms with Gasteiger partial charge in [-0.3, -0.25) is 0 Å². The van der Waals surface area contributed by atoms with E-state index in [4.69, 9.17) is 26.5 Å². The van der Waals surface area contributed by atoms with Gasteiger partial charge in [-0.25, -0.2) is 4.79 Å². The van der Waals surface area contributed by atoms with E-state index in [1.165, 1.54) is 13.2 Å². The third kappa shape index (κ3) is 3.17. The number of nitriles is 2. The van der Waals surface area contributed by atoms with Crippen LogP contribution in [0.1, 0.15) is 16.1 Å². The number of esters is 1. The molecule has 0 N–H and O–H groups in total. The highest BCUT2D eigenvalue weighted by Gasteiger charge is 2.13. The van der Waals surface area contributed by atoms with E-state index < -0.39 is 5.97 Å². The second-order valence-corrected chi connectivity index (χ2v) is 4.58. The van der Waals surface area contributed by atoms with Crippen LogP contribution in [0, 0.1) is 22.7 Å². The van der Waals surface area contributed by atoms with Gasteiger partial charge in [0.05, 0.1) is 17.7 Å². The van der Waals surface area contributed by atoms with Crippen molar-refractivity contribution >= 4 is 23.6 Å². The summed E-state index contributed by atoms with van der Waals surface area (Å²) in [7, 11) is 1.27. The summed E-state index contributed by atoms with van der Waals surface area (Å²) < 4.78 is 10.2. The molecule has 0 bridgehead atoms. The average Bonchev–Trinajstić information content (AvgIpc) is 3.00. The summed E-state index contributed by atoms with van der Waals surface area (Å²) in [5.74, 6) is 0.292. The zero-order valence-corrected chi connectivity index (χ0v) is 12.2. The Morgan fingerprint density at radius 1 is 1.27 bits per heavy atom. The van der Waals surface area contributed by atoms with Crippen molar-refractivity contribution in [3.05, 3.63) is 52.3 Å². The molecule has 22 heavy (non-hydrogen) atoms. The van der Waals surface area contributed by atoms with Crippen molar-refractivity contribution in [3.63, 3.8) is 0 Å². The van der Waals surface area contributed by atoms with Gasteiger partial charge < -0.3 is 9.15 Å². The van der Waals surface area contributed by atoms with Crippen LogP contribution in [0.15, 0.2) is 40.3 Å². The number of hydrogen-bond acceptors (Lipinski definition) is 5. The third-order valence-electron chi connectivity index (χ3n) is 2.81. The fourth-order valence-corrected chi connectivity index (χ4v) is 1.96. The maximum Gasteiger partial charge on any atom is 0.339 e. The van der Waals surface area contributed by atoms with Gasteiger partial charge in [-0.05, 0) is 30.3 Å². The lowest BCUT2D eigenvalue weighted by Gasteiger charge is -2.04. The van der Waals surface area contributed by atoms with Crippen molar-refractivity contribution in [2.24, 2.45) is 0 Å². The zero-order valence-electron chi connectivity index (χ0n) is 11.5. The molecule has 2 rings (SSSR count). The van der Waals surface area contributed by atoms with Crippen molar-refractivity contribution in [1.29, 1.82) is 10.5 Å². The molecule has 0 aliphatic heterocycles. The van der Waals surface area contributed by atoms with E-state index in [0.29, 0.717) is 17.1 Å². The molecular formula is C16H9ClN2O3. The molecule has 0 spiro atoms. The van der Waals surface area contributed by atoms with E-state index >= 15 is 0 Å². The van der Waals surface area contributed by atoms with Gasteiger partial charge in [0.1, 0.15) is 29.2 Å². The highest BCUT2D eigenvalue weighted by atomic mass is 35.5. The molecule has 1 aromatic carbocycles. The number of furan rings is 1. The van der Waals surface area contributed by atoms with E-state index in [1.54, 1.807) is 42.5 Å². The Morgan fingerprint density at radius 2 is 2.00 bits per heavy atom. The molecule has 0 fully saturated rings. The van der Waals surface area contributed by atoms with Crippen LogP contribution in [-0.4, -0.2) is 13.1 Å². The van der Waals surface area contributed by atoms with Crippen LogP contribution in [0.25, 0.3) is 17.4 Å². The van der Waals surface area contributed by atoms with E-state index in [2.05, 4.69) is 4.74 Å². The molecule has 2 aromatic rings. The van der Waals surface area contributed by atoms with Crippen LogP contribution in [0.2, 0.25) is 5.02 Å². The smallest absolute Gasteiger partial charge is 0.339 e. The van der Waals surface area contributed by atoms with Crippen LogP contribution in [-0.2, 0) is 4.74 Å². The van der Waals surface area contributed by atoms with Gasteiger partial charge in [0.2, 0.25) is 0 Å². The molecule has 0 aliphatic carbocycles. The SMILES string of the molecule is COC(=O)c1cc(-c2ccc(C=C(C#N)C#N)o2)ccc1Cl. The summed E-state index contributed by atoms with van der Waals surface area (Å²) in [5.41, 5.74) is 0.789. The number of methoxy groups -OCH3 is 1. The average molecular weight is 313 g/mol. The van der Waals surface area contributed by atoms with Gasteiger partial charge in [0.25, 0.3) is 0 Å². The van der Waals surface area contributed by atoms with Gasteiger partial charge in [0, 0.05) is 11.6 Å². The van der Waals surface area contributed by atoms with Crippen LogP contribution in [0.4, 0.5) is 0 Å². The monoisotopic (exact) mass is 312 g/mol. The van der Waals surface area contributed by atoms with E-state index in [0.717, 1.165) is 0 Å². The molecule has 0 saturated carbocycles. The van der Waals surface area contributed by atoms with E-state index in [9.17, 15) is 4.79 Å². The number of carbonyl (C=O) groups is 1. The van der Waals surface area contributed by atoms with E-state index in [1.807, 2.05) is 0 Å². The molecule has 0 aliphatic rings. The van der Waals surface area contributed by atoms with Crippen molar-refractivity contribution in [2.75, 3.05) is 7.11 Å². The minimum absolute atomic E-state index is 0.0627. The number of halogens is 1. The van der Waals surface area contributed by atoms with Crippen LogP contribution < -0.4 is 0 Å². The Labute approximate surface area is 131 Å². The first kappa shape index (κ1) is 15.4. The molecule has 0 radical (unpaired) electrons. The minimum atomic E-state index is -0.547. The Hall–Kier alpha value is -3.02. The first-order chi connectivity index (χ1) is 10.6.